The molecule has 82 valence electrons. The average Bonchev–Trinajstić information content (AvgIpc) is 2.17. The van der Waals surface area contributed by atoms with Crippen LogP contribution in [-0.2, 0) is 11.3 Å². The van der Waals surface area contributed by atoms with E-state index in [0.717, 1.165) is 17.9 Å². The molecule has 0 aliphatic heterocycles. The van der Waals surface area contributed by atoms with E-state index < -0.39 is 0 Å². The third-order valence-corrected chi connectivity index (χ3v) is 2.13. The van der Waals surface area contributed by atoms with Crippen molar-refractivity contribution in [1.29, 1.82) is 0 Å². The first-order chi connectivity index (χ1) is 7.13. The number of benzene rings is 1. The van der Waals surface area contributed by atoms with Crippen LogP contribution in [0.3, 0.4) is 0 Å². The number of Topliss-reactive ketones (excluding diaryl/α,β-unsaturated/α-hetero) is 1. The van der Waals surface area contributed by atoms with Crippen LogP contribution in [0.4, 0.5) is 0 Å². The Morgan fingerprint density at radius 1 is 1.40 bits per heavy atom. The highest BCUT2D eigenvalue weighted by Gasteiger charge is 2.06. The number of carbonyl (C=O) groups is 1. The van der Waals surface area contributed by atoms with Crippen LogP contribution in [0.5, 0.6) is 5.75 Å². The third kappa shape index (κ3) is 3.72. The molecule has 3 heteroatoms. The normalized spacial score (nSPS) is 10.4. The summed E-state index contributed by atoms with van der Waals surface area (Å²) in [6.07, 6.45) is 0. The Labute approximate surface area is 90.7 Å². The lowest BCUT2D eigenvalue weighted by molar-refractivity contribution is -0.117. The molecule has 0 radical (unpaired) electrons. The van der Waals surface area contributed by atoms with Crippen molar-refractivity contribution in [1.82, 2.24) is 4.90 Å². The second-order valence-electron chi connectivity index (χ2n) is 3.69. The maximum atomic E-state index is 10.9. The molecule has 0 atom stereocenters. The van der Waals surface area contributed by atoms with Crippen molar-refractivity contribution in [3.8, 4) is 5.75 Å². The predicted octanol–water partition coefficient (Wildman–Crippen LogP) is 1.72. The molecule has 15 heavy (non-hydrogen) atoms. The third-order valence-electron chi connectivity index (χ3n) is 2.13. The summed E-state index contributed by atoms with van der Waals surface area (Å²) in [6, 6.07) is 7.85. The first-order valence-corrected chi connectivity index (χ1v) is 4.93. The van der Waals surface area contributed by atoms with Gasteiger partial charge in [0, 0.05) is 12.1 Å². The largest absolute Gasteiger partial charge is 0.496 e. The zero-order valence-electron chi connectivity index (χ0n) is 9.49. The first kappa shape index (κ1) is 11.7. The molecular formula is C12H17NO2. The van der Waals surface area contributed by atoms with Crippen LogP contribution >= 0.6 is 0 Å². The van der Waals surface area contributed by atoms with Crippen molar-refractivity contribution in [2.75, 3.05) is 20.7 Å². The Morgan fingerprint density at radius 2 is 2.07 bits per heavy atom. The monoisotopic (exact) mass is 207 g/mol. The Bertz CT molecular complexity index is 336. The van der Waals surface area contributed by atoms with Crippen molar-refractivity contribution >= 4 is 5.78 Å². The number of hydrogen-bond donors (Lipinski definition) is 0. The van der Waals surface area contributed by atoms with Crippen molar-refractivity contribution in [2.24, 2.45) is 0 Å². The highest BCUT2D eigenvalue weighted by molar-refractivity contribution is 5.77. The van der Waals surface area contributed by atoms with Crippen molar-refractivity contribution in [3.05, 3.63) is 29.8 Å². The molecule has 0 bridgehead atoms. The zero-order chi connectivity index (χ0) is 11.3. The molecule has 0 heterocycles. The van der Waals surface area contributed by atoms with Crippen molar-refractivity contribution < 1.29 is 9.53 Å². The number of carbonyl (C=O) groups excluding carboxylic acids is 1. The SMILES string of the molecule is COc1ccccc1CN(C)CC(C)=O. The van der Waals surface area contributed by atoms with Crippen LogP contribution in [0.25, 0.3) is 0 Å². The van der Waals surface area contributed by atoms with Gasteiger partial charge in [-0.25, -0.2) is 0 Å². The number of ether oxygens (including phenoxy) is 1. The molecular weight excluding hydrogens is 190 g/mol. The molecule has 0 saturated carbocycles. The number of nitrogens with zero attached hydrogens (tertiary/aromatic N) is 1. The van der Waals surface area contributed by atoms with Gasteiger partial charge in [0.2, 0.25) is 0 Å². The Morgan fingerprint density at radius 3 is 2.67 bits per heavy atom. The van der Waals surface area contributed by atoms with Gasteiger partial charge in [0.25, 0.3) is 0 Å². The highest BCUT2D eigenvalue weighted by Crippen LogP contribution is 2.18. The topological polar surface area (TPSA) is 29.5 Å². The summed E-state index contributed by atoms with van der Waals surface area (Å²) < 4.78 is 5.24. The van der Waals surface area contributed by atoms with Gasteiger partial charge in [0.15, 0.2) is 0 Å². The fourth-order valence-electron chi connectivity index (χ4n) is 1.56. The minimum absolute atomic E-state index is 0.174. The van der Waals surface area contributed by atoms with Gasteiger partial charge in [-0.05, 0) is 20.0 Å². The molecule has 0 amide bonds. The van der Waals surface area contributed by atoms with E-state index in [2.05, 4.69) is 0 Å². The fourth-order valence-corrected chi connectivity index (χ4v) is 1.56. The Balaban J connectivity index is 2.67. The zero-order valence-corrected chi connectivity index (χ0v) is 9.49. The summed E-state index contributed by atoms with van der Waals surface area (Å²) in [5.74, 6) is 1.04. The lowest BCUT2D eigenvalue weighted by atomic mass is 10.2. The molecule has 0 spiro atoms. The Hall–Kier alpha value is -1.35. The number of hydrogen-bond acceptors (Lipinski definition) is 3. The van der Waals surface area contributed by atoms with E-state index in [1.807, 2.05) is 36.2 Å². The van der Waals surface area contributed by atoms with Gasteiger partial charge in [0.1, 0.15) is 11.5 Å². The van der Waals surface area contributed by atoms with Crippen LogP contribution in [0.1, 0.15) is 12.5 Å². The number of para-hydroxylation sites is 1. The van der Waals surface area contributed by atoms with Crippen molar-refractivity contribution in [3.63, 3.8) is 0 Å². The Kier molecular flexibility index (Phi) is 4.31. The van der Waals surface area contributed by atoms with Crippen LogP contribution in [0.15, 0.2) is 24.3 Å². The number of ketones is 1. The molecule has 0 unspecified atom stereocenters. The smallest absolute Gasteiger partial charge is 0.143 e. The minimum atomic E-state index is 0.174. The molecule has 0 aromatic heterocycles. The summed E-state index contributed by atoms with van der Waals surface area (Å²) in [5.41, 5.74) is 1.10. The maximum Gasteiger partial charge on any atom is 0.143 e. The predicted molar refractivity (Wildman–Crippen MR) is 60.0 cm³/mol. The summed E-state index contributed by atoms with van der Waals surface area (Å²) in [5, 5.41) is 0. The minimum Gasteiger partial charge on any atom is -0.496 e. The molecule has 1 aromatic rings. The quantitative estimate of drug-likeness (QED) is 0.736. The summed E-state index contributed by atoms with van der Waals surface area (Å²) in [7, 11) is 3.58. The van der Waals surface area contributed by atoms with Gasteiger partial charge in [-0.2, -0.15) is 0 Å². The molecule has 3 nitrogen and oxygen atoms in total. The van der Waals surface area contributed by atoms with Gasteiger partial charge in [-0.15, -0.1) is 0 Å². The first-order valence-electron chi connectivity index (χ1n) is 4.93. The number of methoxy groups -OCH3 is 1. The van der Waals surface area contributed by atoms with Gasteiger partial charge < -0.3 is 4.74 Å². The molecule has 0 fully saturated rings. The molecule has 0 aliphatic rings. The van der Waals surface area contributed by atoms with E-state index >= 15 is 0 Å². The highest BCUT2D eigenvalue weighted by atomic mass is 16.5. The van der Waals surface area contributed by atoms with E-state index in [0.29, 0.717) is 6.54 Å². The molecule has 0 saturated heterocycles. The van der Waals surface area contributed by atoms with Gasteiger partial charge in [-0.3, -0.25) is 9.69 Å². The lowest BCUT2D eigenvalue weighted by Crippen LogP contribution is -2.24. The summed E-state index contributed by atoms with van der Waals surface area (Å²) >= 11 is 0. The standard InChI is InChI=1S/C12H17NO2/c1-10(14)8-13(2)9-11-6-4-5-7-12(11)15-3/h4-7H,8-9H2,1-3H3. The lowest BCUT2D eigenvalue weighted by Gasteiger charge is -2.16. The van der Waals surface area contributed by atoms with Crippen molar-refractivity contribution in [2.45, 2.75) is 13.5 Å². The summed E-state index contributed by atoms with van der Waals surface area (Å²) in [6.45, 7) is 2.79. The maximum absolute atomic E-state index is 10.9. The molecule has 1 aromatic carbocycles. The van der Waals surface area contributed by atoms with E-state index in [4.69, 9.17) is 4.74 Å². The van der Waals surface area contributed by atoms with Gasteiger partial charge in [0.05, 0.1) is 13.7 Å². The van der Waals surface area contributed by atoms with Crippen LogP contribution in [0, 0.1) is 0 Å². The molecule has 1 rings (SSSR count). The van der Waals surface area contributed by atoms with Crippen LogP contribution < -0.4 is 4.74 Å². The molecule has 0 N–H and O–H groups in total. The van der Waals surface area contributed by atoms with E-state index in [-0.39, 0.29) is 5.78 Å². The number of rotatable bonds is 5. The molecule has 0 aliphatic carbocycles. The van der Waals surface area contributed by atoms with Crippen LogP contribution in [0.2, 0.25) is 0 Å². The van der Waals surface area contributed by atoms with E-state index in [1.54, 1.807) is 14.0 Å². The van der Waals surface area contributed by atoms with E-state index in [1.165, 1.54) is 0 Å². The van der Waals surface area contributed by atoms with Crippen LogP contribution in [-0.4, -0.2) is 31.4 Å². The average molecular weight is 207 g/mol. The second kappa shape index (κ2) is 5.51. The van der Waals surface area contributed by atoms with E-state index in [9.17, 15) is 4.79 Å². The fraction of sp³-hybridized carbons (Fsp3) is 0.417. The van der Waals surface area contributed by atoms with Gasteiger partial charge in [-0.1, -0.05) is 18.2 Å². The number of likely N-dealkylation sites (N-methyl/N-ethyl adjacent to an activating group) is 1. The summed E-state index contributed by atoms with van der Waals surface area (Å²) in [4.78, 5) is 12.9. The second-order valence-corrected chi connectivity index (χ2v) is 3.69. The van der Waals surface area contributed by atoms with Gasteiger partial charge >= 0.3 is 0 Å².